The van der Waals surface area contributed by atoms with Crippen LogP contribution in [-0.2, 0) is 9.53 Å². The van der Waals surface area contributed by atoms with Gasteiger partial charge in [0.25, 0.3) is 0 Å². The van der Waals surface area contributed by atoms with E-state index in [1.165, 1.54) is 0 Å². The summed E-state index contributed by atoms with van der Waals surface area (Å²) >= 11 is 0. The molecule has 2 aromatic carbocycles. The first-order chi connectivity index (χ1) is 17.3. The lowest BCUT2D eigenvalue weighted by Gasteiger charge is -2.14. The molecule has 1 aliphatic rings. The molecule has 0 spiro atoms. The lowest BCUT2D eigenvalue weighted by molar-refractivity contribution is -0.142. The van der Waals surface area contributed by atoms with Gasteiger partial charge in [-0.2, -0.15) is 0 Å². The summed E-state index contributed by atoms with van der Waals surface area (Å²) in [5.74, 6) is 2.56. The van der Waals surface area contributed by atoms with E-state index in [-0.39, 0.29) is 12.4 Å². The van der Waals surface area contributed by atoms with E-state index in [2.05, 4.69) is 0 Å². The summed E-state index contributed by atoms with van der Waals surface area (Å²) in [7, 11) is 11.8. The molecule has 0 fully saturated rings. The minimum atomic E-state index is -0.277. The van der Waals surface area contributed by atoms with Crippen LogP contribution >= 0.6 is 0 Å². The van der Waals surface area contributed by atoms with Crippen molar-refractivity contribution < 1.29 is 33.2 Å². The summed E-state index contributed by atoms with van der Waals surface area (Å²) in [5, 5.41) is 0. The molecule has 2 aromatic rings. The van der Waals surface area contributed by atoms with Crippen LogP contribution in [0.3, 0.4) is 0 Å². The third kappa shape index (κ3) is 5.60. The van der Waals surface area contributed by atoms with Crippen LogP contribution in [0.15, 0.2) is 29.8 Å². The van der Waals surface area contributed by atoms with E-state index in [0.29, 0.717) is 41.9 Å². The third-order valence-corrected chi connectivity index (χ3v) is 6.12. The fourth-order valence-electron chi connectivity index (χ4n) is 4.22. The van der Waals surface area contributed by atoms with Gasteiger partial charge < -0.3 is 33.3 Å². The molecular weight excluding hydrogens is 462 g/mol. The molecule has 0 bridgehead atoms. The minimum absolute atomic E-state index is 0.147. The van der Waals surface area contributed by atoms with Crippen molar-refractivity contribution in [1.82, 2.24) is 4.90 Å². The fraction of sp³-hybridized carbons (Fsp3) is 0.393. The van der Waals surface area contributed by atoms with Crippen LogP contribution in [-0.4, -0.2) is 73.7 Å². The number of allylic oxidation sites excluding steroid dienone is 2. The molecule has 8 heteroatoms. The van der Waals surface area contributed by atoms with Gasteiger partial charge in [-0.05, 0) is 84.8 Å². The Bertz CT molecular complexity index is 1160. The topological polar surface area (TPSA) is 75.7 Å². The van der Waals surface area contributed by atoms with Gasteiger partial charge in [0.1, 0.15) is 6.61 Å². The van der Waals surface area contributed by atoms with Crippen molar-refractivity contribution in [3.63, 3.8) is 0 Å². The maximum atomic E-state index is 12.7. The van der Waals surface area contributed by atoms with Gasteiger partial charge in [0.05, 0.1) is 42.0 Å². The van der Waals surface area contributed by atoms with E-state index in [4.69, 9.17) is 28.4 Å². The van der Waals surface area contributed by atoms with Gasteiger partial charge in [-0.1, -0.05) is 0 Å². The smallest absolute Gasteiger partial charge is 0.310 e. The molecule has 8 nitrogen and oxygen atoms in total. The van der Waals surface area contributed by atoms with E-state index < -0.39 is 0 Å². The highest BCUT2D eigenvalue weighted by Gasteiger charge is 2.28. The van der Waals surface area contributed by atoms with Crippen molar-refractivity contribution in [2.24, 2.45) is 0 Å². The first-order valence-electron chi connectivity index (χ1n) is 11.6. The molecule has 0 radical (unpaired) electrons. The minimum Gasteiger partial charge on any atom is -0.493 e. The highest BCUT2D eigenvalue weighted by Crippen LogP contribution is 2.48. The summed E-state index contributed by atoms with van der Waals surface area (Å²) in [6.45, 7) is 3.01. The monoisotopic (exact) mass is 497 g/mol. The predicted octanol–water partition coefficient (Wildman–Crippen LogP) is 4.55. The average Bonchev–Trinajstić information content (AvgIpc) is 3.11. The van der Waals surface area contributed by atoms with Crippen molar-refractivity contribution >= 4 is 23.2 Å². The van der Waals surface area contributed by atoms with Gasteiger partial charge in [0.15, 0.2) is 23.0 Å². The Labute approximate surface area is 213 Å². The number of nitrogens with zero attached hydrogens (tertiary/aromatic N) is 1. The van der Waals surface area contributed by atoms with E-state index in [0.717, 1.165) is 33.4 Å². The number of ether oxygens (including phenoxy) is 6. The molecule has 194 valence electrons. The zero-order chi connectivity index (χ0) is 26.4. The number of hydrogen-bond acceptors (Lipinski definition) is 8. The molecule has 0 aromatic heterocycles. The lowest BCUT2D eigenvalue weighted by atomic mass is 9.99. The van der Waals surface area contributed by atoms with Crippen LogP contribution in [0.25, 0.3) is 17.2 Å². The molecule has 36 heavy (non-hydrogen) atoms. The molecule has 0 amide bonds. The molecule has 3 rings (SSSR count). The Balaban J connectivity index is 2.12. The number of rotatable bonds is 11. The predicted molar refractivity (Wildman–Crippen MR) is 140 cm³/mol. The standard InChI is InChI=1S/C28H35NO7/c1-17-19(11-18-12-25(33-6)28(35-8)26(13-18)34-7)21-14-23(31-4)24(32-5)15-22(21)20(17)16-27(30)36-10-9-29(2)3/h11-15H,9-10,16H2,1-8H3/b19-11-. The van der Waals surface area contributed by atoms with Crippen LogP contribution in [0.2, 0.25) is 0 Å². The van der Waals surface area contributed by atoms with Gasteiger partial charge in [0.2, 0.25) is 5.75 Å². The van der Waals surface area contributed by atoms with Gasteiger partial charge in [-0.3, -0.25) is 4.79 Å². The molecule has 0 saturated heterocycles. The van der Waals surface area contributed by atoms with Crippen LogP contribution in [0.5, 0.6) is 28.7 Å². The van der Waals surface area contributed by atoms with E-state index in [9.17, 15) is 4.79 Å². The Morgan fingerprint density at radius 1 is 0.806 bits per heavy atom. The second-order valence-corrected chi connectivity index (χ2v) is 8.57. The number of likely N-dealkylation sites (N-methyl/N-ethyl adjacent to an activating group) is 1. The Hall–Kier alpha value is -3.65. The van der Waals surface area contributed by atoms with Gasteiger partial charge in [-0.15, -0.1) is 0 Å². The van der Waals surface area contributed by atoms with Gasteiger partial charge in [0, 0.05) is 6.54 Å². The molecule has 1 aliphatic carbocycles. The second kappa shape index (κ2) is 11.9. The maximum absolute atomic E-state index is 12.7. The SMILES string of the molecule is COc1cc2c(cc1OC)/C(=C\c1cc(OC)c(OC)c(OC)c1)C(C)=C2CC(=O)OCCN(C)C. The Morgan fingerprint density at radius 2 is 1.36 bits per heavy atom. The number of carbonyl (C=O) groups is 1. The molecular formula is C28H35NO7. The van der Waals surface area contributed by atoms with Crippen LogP contribution in [0.4, 0.5) is 0 Å². The Kier molecular flexibility index (Phi) is 8.88. The number of methoxy groups -OCH3 is 5. The highest BCUT2D eigenvalue weighted by atomic mass is 16.5. The zero-order valence-corrected chi connectivity index (χ0v) is 22.3. The number of hydrogen-bond donors (Lipinski definition) is 0. The third-order valence-electron chi connectivity index (χ3n) is 6.12. The van der Waals surface area contributed by atoms with Crippen LogP contribution in [0, 0.1) is 0 Å². The number of benzene rings is 2. The van der Waals surface area contributed by atoms with Gasteiger partial charge >= 0.3 is 5.97 Å². The van der Waals surface area contributed by atoms with E-state index in [1.807, 2.05) is 56.3 Å². The van der Waals surface area contributed by atoms with Crippen molar-refractivity contribution in [1.29, 1.82) is 0 Å². The normalized spacial score (nSPS) is 13.6. The van der Waals surface area contributed by atoms with E-state index in [1.54, 1.807) is 35.5 Å². The van der Waals surface area contributed by atoms with Crippen LogP contribution < -0.4 is 23.7 Å². The lowest BCUT2D eigenvalue weighted by Crippen LogP contribution is -2.20. The first-order valence-corrected chi connectivity index (χ1v) is 11.6. The van der Waals surface area contributed by atoms with Crippen LogP contribution in [0.1, 0.15) is 30.0 Å². The molecule has 0 N–H and O–H groups in total. The number of fused-ring (bicyclic) bond motifs is 1. The number of carbonyl (C=O) groups excluding carboxylic acids is 1. The molecule has 0 aliphatic heterocycles. The van der Waals surface area contributed by atoms with Crippen molar-refractivity contribution in [3.05, 3.63) is 46.5 Å². The van der Waals surface area contributed by atoms with Crippen molar-refractivity contribution in [2.45, 2.75) is 13.3 Å². The average molecular weight is 498 g/mol. The van der Waals surface area contributed by atoms with Crippen molar-refractivity contribution in [3.8, 4) is 28.7 Å². The summed E-state index contributed by atoms with van der Waals surface area (Å²) in [6.07, 6.45) is 2.18. The van der Waals surface area contributed by atoms with Gasteiger partial charge in [-0.25, -0.2) is 0 Å². The molecule has 0 saturated carbocycles. The quantitative estimate of drug-likeness (QED) is 0.419. The fourth-order valence-corrected chi connectivity index (χ4v) is 4.22. The summed E-state index contributed by atoms with van der Waals surface area (Å²) in [4.78, 5) is 14.7. The largest absolute Gasteiger partial charge is 0.493 e. The van der Waals surface area contributed by atoms with Crippen molar-refractivity contribution in [2.75, 3.05) is 62.8 Å². The molecule has 0 heterocycles. The maximum Gasteiger partial charge on any atom is 0.310 e. The second-order valence-electron chi connectivity index (χ2n) is 8.57. The molecule has 0 unspecified atom stereocenters. The molecule has 0 atom stereocenters. The summed E-state index contributed by atoms with van der Waals surface area (Å²) in [6, 6.07) is 7.62. The zero-order valence-electron chi connectivity index (χ0n) is 22.3. The summed E-state index contributed by atoms with van der Waals surface area (Å²) < 4.78 is 33.1. The first kappa shape index (κ1) is 26.9. The highest BCUT2D eigenvalue weighted by molar-refractivity contribution is 6.08. The summed E-state index contributed by atoms with van der Waals surface area (Å²) in [5.41, 5.74) is 5.52. The Morgan fingerprint density at radius 3 is 1.86 bits per heavy atom. The number of esters is 1. The van der Waals surface area contributed by atoms with E-state index >= 15 is 0 Å².